The molecule has 1 fully saturated rings. The predicted molar refractivity (Wildman–Crippen MR) is 50.2 cm³/mol. The zero-order valence-corrected chi connectivity index (χ0v) is 8.08. The van der Waals surface area contributed by atoms with Gasteiger partial charge in [0.2, 0.25) is 0 Å². The Bertz CT molecular complexity index is 124. The molecule has 0 saturated heterocycles. The second-order valence-electron chi connectivity index (χ2n) is 3.76. The first-order valence-electron chi connectivity index (χ1n) is 4.79. The number of likely N-dealkylation sites (N-methyl/N-ethyl adjacent to an activating group) is 1. The van der Waals surface area contributed by atoms with Gasteiger partial charge in [-0.15, -0.1) is 0 Å². The van der Waals surface area contributed by atoms with Crippen LogP contribution in [0.5, 0.6) is 0 Å². The summed E-state index contributed by atoms with van der Waals surface area (Å²) in [5.74, 6) is 0. The molecule has 72 valence electrons. The van der Waals surface area contributed by atoms with Gasteiger partial charge in [-0.2, -0.15) is 0 Å². The predicted octanol–water partition coefficient (Wildman–Crippen LogP) is 0.0510. The summed E-state index contributed by atoms with van der Waals surface area (Å²) in [5, 5.41) is 12.2. The fourth-order valence-electron chi connectivity index (χ4n) is 1.26. The molecule has 0 spiro atoms. The van der Waals surface area contributed by atoms with E-state index < -0.39 is 0 Å². The lowest BCUT2D eigenvalue weighted by Gasteiger charge is -2.16. The van der Waals surface area contributed by atoms with Crippen molar-refractivity contribution in [1.82, 2.24) is 10.2 Å². The van der Waals surface area contributed by atoms with Gasteiger partial charge in [0.1, 0.15) is 0 Å². The fourth-order valence-corrected chi connectivity index (χ4v) is 1.26. The highest BCUT2D eigenvalue weighted by molar-refractivity contribution is 4.82. The van der Waals surface area contributed by atoms with Gasteiger partial charge in [-0.1, -0.05) is 0 Å². The molecular weight excluding hydrogens is 152 g/mol. The number of nitrogens with one attached hydrogen (secondary N) is 1. The molecule has 0 aromatic carbocycles. The van der Waals surface area contributed by atoms with Crippen LogP contribution in [0.4, 0.5) is 0 Å². The van der Waals surface area contributed by atoms with Crippen molar-refractivity contribution in [2.75, 3.05) is 26.7 Å². The third-order valence-corrected chi connectivity index (χ3v) is 2.25. The zero-order chi connectivity index (χ0) is 8.97. The van der Waals surface area contributed by atoms with Crippen LogP contribution in [0.3, 0.4) is 0 Å². The molecule has 0 heterocycles. The van der Waals surface area contributed by atoms with Gasteiger partial charge in [0, 0.05) is 25.7 Å². The van der Waals surface area contributed by atoms with Gasteiger partial charge < -0.3 is 15.3 Å². The van der Waals surface area contributed by atoms with E-state index in [4.69, 9.17) is 5.11 Å². The minimum absolute atomic E-state index is 0.226. The van der Waals surface area contributed by atoms with Gasteiger partial charge in [0.05, 0.1) is 6.10 Å². The van der Waals surface area contributed by atoms with Gasteiger partial charge in [-0.3, -0.25) is 0 Å². The number of hydrogen-bond donors (Lipinski definition) is 2. The molecule has 0 aromatic heterocycles. The van der Waals surface area contributed by atoms with E-state index in [9.17, 15) is 0 Å². The Kier molecular flexibility index (Phi) is 3.98. The first kappa shape index (κ1) is 9.96. The maximum Gasteiger partial charge on any atom is 0.0636 e. The Morgan fingerprint density at radius 3 is 2.75 bits per heavy atom. The van der Waals surface area contributed by atoms with Crippen molar-refractivity contribution < 1.29 is 5.11 Å². The van der Waals surface area contributed by atoms with E-state index in [-0.39, 0.29) is 6.10 Å². The Balaban J connectivity index is 1.87. The molecule has 2 N–H and O–H groups in total. The van der Waals surface area contributed by atoms with Crippen LogP contribution in [0.25, 0.3) is 0 Å². The summed E-state index contributed by atoms with van der Waals surface area (Å²) in [6.07, 6.45) is 2.51. The molecule has 1 aliphatic carbocycles. The molecule has 1 saturated carbocycles. The molecule has 1 aliphatic rings. The van der Waals surface area contributed by atoms with E-state index in [2.05, 4.69) is 17.3 Å². The van der Waals surface area contributed by atoms with Gasteiger partial charge in [-0.25, -0.2) is 0 Å². The van der Waals surface area contributed by atoms with Crippen molar-refractivity contribution in [3.05, 3.63) is 0 Å². The van der Waals surface area contributed by atoms with Crippen LogP contribution >= 0.6 is 0 Å². The van der Waals surface area contributed by atoms with Crippen LogP contribution in [0.15, 0.2) is 0 Å². The largest absolute Gasteiger partial charge is 0.392 e. The zero-order valence-electron chi connectivity index (χ0n) is 8.08. The first-order chi connectivity index (χ1) is 5.70. The molecular formula is C9H20N2O. The topological polar surface area (TPSA) is 35.5 Å². The van der Waals surface area contributed by atoms with Crippen molar-refractivity contribution in [3.8, 4) is 0 Å². The number of rotatable bonds is 6. The van der Waals surface area contributed by atoms with E-state index in [1.165, 1.54) is 12.8 Å². The van der Waals surface area contributed by atoms with E-state index in [1.807, 2.05) is 0 Å². The molecule has 1 atom stereocenters. The molecule has 3 nitrogen and oxygen atoms in total. The van der Waals surface area contributed by atoms with Gasteiger partial charge in [-0.05, 0) is 26.8 Å². The molecule has 0 radical (unpaired) electrons. The second-order valence-corrected chi connectivity index (χ2v) is 3.76. The van der Waals surface area contributed by atoms with E-state index >= 15 is 0 Å². The Morgan fingerprint density at radius 2 is 2.25 bits per heavy atom. The van der Waals surface area contributed by atoms with Crippen LogP contribution in [0, 0.1) is 0 Å². The summed E-state index contributed by atoms with van der Waals surface area (Å²) in [6.45, 7) is 4.59. The summed E-state index contributed by atoms with van der Waals surface area (Å²) >= 11 is 0. The fraction of sp³-hybridized carbons (Fsp3) is 1.00. The van der Waals surface area contributed by atoms with Gasteiger partial charge in [0.15, 0.2) is 0 Å². The lowest BCUT2D eigenvalue weighted by molar-refractivity contribution is 0.189. The number of aliphatic hydroxyl groups excluding tert-OH is 1. The van der Waals surface area contributed by atoms with Gasteiger partial charge >= 0.3 is 0 Å². The average Bonchev–Trinajstić information content (AvgIpc) is 2.79. The van der Waals surface area contributed by atoms with Crippen LogP contribution in [-0.4, -0.2) is 48.8 Å². The minimum Gasteiger partial charge on any atom is -0.392 e. The molecule has 0 aromatic rings. The maximum absolute atomic E-state index is 8.96. The maximum atomic E-state index is 8.96. The standard InChI is InChI=1S/C9H20N2O/c1-8(12)7-10-5-6-11(2)9-3-4-9/h8-10,12H,3-7H2,1-2H3. The highest BCUT2D eigenvalue weighted by Gasteiger charge is 2.25. The Hall–Kier alpha value is -0.120. The molecule has 12 heavy (non-hydrogen) atoms. The summed E-state index contributed by atoms with van der Waals surface area (Å²) < 4.78 is 0. The smallest absolute Gasteiger partial charge is 0.0636 e. The highest BCUT2D eigenvalue weighted by Crippen LogP contribution is 2.24. The normalized spacial score (nSPS) is 20.0. The van der Waals surface area contributed by atoms with E-state index in [0.29, 0.717) is 6.54 Å². The van der Waals surface area contributed by atoms with Crippen molar-refractivity contribution in [3.63, 3.8) is 0 Å². The molecule has 3 heteroatoms. The molecule has 1 unspecified atom stereocenters. The molecule has 0 bridgehead atoms. The average molecular weight is 172 g/mol. The number of nitrogens with zero attached hydrogens (tertiary/aromatic N) is 1. The SMILES string of the molecule is CC(O)CNCCN(C)C1CC1. The first-order valence-corrected chi connectivity index (χ1v) is 4.79. The van der Waals surface area contributed by atoms with Gasteiger partial charge in [0.25, 0.3) is 0 Å². The second kappa shape index (κ2) is 4.80. The van der Waals surface area contributed by atoms with E-state index in [0.717, 1.165) is 19.1 Å². The van der Waals surface area contributed by atoms with Crippen molar-refractivity contribution >= 4 is 0 Å². The summed E-state index contributed by atoms with van der Waals surface area (Å²) in [7, 11) is 2.17. The van der Waals surface area contributed by atoms with Crippen molar-refractivity contribution in [2.24, 2.45) is 0 Å². The van der Waals surface area contributed by atoms with Crippen LogP contribution in [0.2, 0.25) is 0 Å². The molecule has 1 rings (SSSR count). The van der Waals surface area contributed by atoms with Crippen molar-refractivity contribution in [1.29, 1.82) is 0 Å². The summed E-state index contributed by atoms with van der Waals surface area (Å²) in [5.41, 5.74) is 0. The van der Waals surface area contributed by atoms with Crippen LogP contribution in [-0.2, 0) is 0 Å². The lowest BCUT2D eigenvalue weighted by Crippen LogP contribution is -2.33. The third kappa shape index (κ3) is 4.04. The Morgan fingerprint density at radius 1 is 1.58 bits per heavy atom. The summed E-state index contributed by atoms with van der Waals surface area (Å²) in [6, 6.07) is 0.846. The monoisotopic (exact) mass is 172 g/mol. The molecule has 0 aliphatic heterocycles. The van der Waals surface area contributed by atoms with E-state index in [1.54, 1.807) is 6.92 Å². The Labute approximate surface area is 74.8 Å². The molecule has 0 amide bonds. The quantitative estimate of drug-likeness (QED) is 0.556. The number of hydrogen-bond acceptors (Lipinski definition) is 3. The highest BCUT2D eigenvalue weighted by atomic mass is 16.3. The third-order valence-electron chi connectivity index (χ3n) is 2.25. The lowest BCUT2D eigenvalue weighted by atomic mass is 10.4. The summed E-state index contributed by atoms with van der Waals surface area (Å²) in [4.78, 5) is 2.38. The van der Waals surface area contributed by atoms with Crippen LogP contribution < -0.4 is 5.32 Å². The minimum atomic E-state index is -0.226. The van der Waals surface area contributed by atoms with Crippen molar-refractivity contribution in [2.45, 2.75) is 31.9 Å². The van der Waals surface area contributed by atoms with Crippen LogP contribution in [0.1, 0.15) is 19.8 Å². The number of aliphatic hydroxyl groups is 1.